The van der Waals surface area contributed by atoms with Crippen LogP contribution in [0.1, 0.15) is 12.5 Å². The molecule has 7 aromatic carbocycles. The average Bonchev–Trinajstić information content (AvgIpc) is 3.46. The van der Waals surface area contributed by atoms with Gasteiger partial charge in [-0.2, -0.15) is 0 Å². The highest BCUT2D eigenvalue weighted by molar-refractivity contribution is 6.10. The summed E-state index contributed by atoms with van der Waals surface area (Å²) in [6.45, 7) is 2.07. The van der Waals surface area contributed by atoms with Crippen LogP contribution in [0.25, 0.3) is 55.8 Å². The number of benzene rings is 7. The summed E-state index contributed by atoms with van der Waals surface area (Å²) in [6, 6.07) is 63.2. The number of fused-ring (bicyclic) bond motifs is 3. The van der Waals surface area contributed by atoms with Gasteiger partial charge >= 0.3 is 0 Å². The summed E-state index contributed by atoms with van der Waals surface area (Å²) in [5.74, 6) is 0. The lowest BCUT2D eigenvalue weighted by Gasteiger charge is -2.27. The van der Waals surface area contributed by atoms with Gasteiger partial charge in [-0.3, -0.25) is 0 Å². The van der Waals surface area contributed by atoms with Gasteiger partial charge in [0.05, 0.1) is 16.7 Å². The zero-order valence-electron chi connectivity index (χ0n) is 26.3. The second-order valence-corrected chi connectivity index (χ2v) is 11.8. The summed E-state index contributed by atoms with van der Waals surface area (Å²) >= 11 is 0. The van der Waals surface area contributed by atoms with Gasteiger partial charge in [0.1, 0.15) is 0 Å². The second kappa shape index (κ2) is 12.3. The zero-order valence-corrected chi connectivity index (χ0v) is 26.3. The number of para-hydroxylation sites is 4. The molecule has 224 valence electrons. The SMILES string of the molecule is C/C=C/c1ccc2c3ccc(-c4ccc(-c5ccccc5N(c5ccccc5)c5ccccc5)cc4)cc3n(-c3ccccc3)c2c1. The number of aromatic nitrogens is 1. The van der Waals surface area contributed by atoms with Gasteiger partial charge in [-0.1, -0.05) is 133 Å². The van der Waals surface area contributed by atoms with E-state index in [1.54, 1.807) is 0 Å². The minimum absolute atomic E-state index is 1.13. The zero-order chi connectivity index (χ0) is 31.6. The highest BCUT2D eigenvalue weighted by atomic mass is 15.1. The van der Waals surface area contributed by atoms with Gasteiger partial charge in [0.2, 0.25) is 0 Å². The fourth-order valence-electron chi connectivity index (χ4n) is 6.70. The molecule has 8 aromatic rings. The van der Waals surface area contributed by atoms with Crippen molar-refractivity contribution in [1.29, 1.82) is 0 Å². The Morgan fingerprint density at radius 1 is 0.468 bits per heavy atom. The number of rotatable bonds is 7. The molecule has 0 bridgehead atoms. The van der Waals surface area contributed by atoms with Gasteiger partial charge in [-0.05, 0) is 83.8 Å². The van der Waals surface area contributed by atoms with Crippen LogP contribution in [0, 0.1) is 0 Å². The third-order valence-electron chi connectivity index (χ3n) is 8.87. The Morgan fingerprint density at radius 2 is 1.00 bits per heavy atom. The molecule has 2 nitrogen and oxygen atoms in total. The molecule has 0 radical (unpaired) electrons. The van der Waals surface area contributed by atoms with Crippen molar-refractivity contribution in [2.75, 3.05) is 4.90 Å². The first kappa shape index (κ1) is 28.4. The van der Waals surface area contributed by atoms with E-state index in [0.29, 0.717) is 0 Å². The van der Waals surface area contributed by atoms with Gasteiger partial charge in [-0.15, -0.1) is 0 Å². The molecule has 47 heavy (non-hydrogen) atoms. The molecule has 0 aliphatic carbocycles. The monoisotopic (exact) mass is 602 g/mol. The summed E-state index contributed by atoms with van der Waals surface area (Å²) in [4.78, 5) is 2.33. The number of allylic oxidation sites excluding steroid dienone is 1. The van der Waals surface area contributed by atoms with Gasteiger partial charge in [0, 0.05) is 33.4 Å². The van der Waals surface area contributed by atoms with Crippen molar-refractivity contribution in [1.82, 2.24) is 4.57 Å². The molecule has 0 aliphatic heterocycles. The van der Waals surface area contributed by atoms with E-state index in [2.05, 4.69) is 204 Å². The highest BCUT2D eigenvalue weighted by Gasteiger charge is 2.17. The van der Waals surface area contributed by atoms with E-state index in [9.17, 15) is 0 Å². The maximum atomic E-state index is 2.40. The average molecular weight is 603 g/mol. The molecule has 0 fully saturated rings. The summed E-state index contributed by atoms with van der Waals surface area (Å²) in [7, 11) is 0. The lowest BCUT2D eigenvalue weighted by molar-refractivity contribution is 1.18. The van der Waals surface area contributed by atoms with Crippen LogP contribution in [-0.4, -0.2) is 4.57 Å². The van der Waals surface area contributed by atoms with Crippen molar-refractivity contribution in [3.8, 4) is 27.9 Å². The molecule has 0 atom stereocenters. The van der Waals surface area contributed by atoms with E-state index in [4.69, 9.17) is 0 Å². The van der Waals surface area contributed by atoms with E-state index >= 15 is 0 Å². The van der Waals surface area contributed by atoms with Crippen molar-refractivity contribution in [2.24, 2.45) is 0 Å². The van der Waals surface area contributed by atoms with Crippen LogP contribution >= 0.6 is 0 Å². The molecule has 1 aromatic heterocycles. The maximum Gasteiger partial charge on any atom is 0.0547 e. The van der Waals surface area contributed by atoms with Crippen LogP contribution in [0.3, 0.4) is 0 Å². The molecule has 0 saturated carbocycles. The fourth-order valence-corrected chi connectivity index (χ4v) is 6.70. The highest BCUT2D eigenvalue weighted by Crippen LogP contribution is 2.41. The quantitative estimate of drug-likeness (QED) is 0.176. The van der Waals surface area contributed by atoms with Crippen LogP contribution in [0.15, 0.2) is 182 Å². The van der Waals surface area contributed by atoms with Gasteiger partial charge < -0.3 is 9.47 Å². The molecule has 2 heteroatoms. The van der Waals surface area contributed by atoms with E-state index in [1.807, 2.05) is 0 Å². The van der Waals surface area contributed by atoms with Crippen LogP contribution in [0.2, 0.25) is 0 Å². The molecule has 0 aliphatic rings. The number of nitrogens with zero attached hydrogens (tertiary/aromatic N) is 2. The molecule has 0 saturated heterocycles. The van der Waals surface area contributed by atoms with Crippen molar-refractivity contribution >= 4 is 44.9 Å². The topological polar surface area (TPSA) is 8.17 Å². The van der Waals surface area contributed by atoms with E-state index in [-0.39, 0.29) is 0 Å². The lowest BCUT2D eigenvalue weighted by Crippen LogP contribution is -2.10. The van der Waals surface area contributed by atoms with Crippen molar-refractivity contribution in [2.45, 2.75) is 6.92 Å². The molecule has 8 rings (SSSR count). The first-order valence-electron chi connectivity index (χ1n) is 16.1. The number of hydrogen-bond acceptors (Lipinski definition) is 1. The minimum atomic E-state index is 1.13. The van der Waals surface area contributed by atoms with Crippen molar-refractivity contribution < 1.29 is 0 Å². The van der Waals surface area contributed by atoms with E-state index < -0.39 is 0 Å². The fraction of sp³-hybridized carbons (Fsp3) is 0.0222. The smallest absolute Gasteiger partial charge is 0.0547 e. The Bertz CT molecular complexity index is 2290. The molecule has 1 heterocycles. The summed E-state index contributed by atoms with van der Waals surface area (Å²) in [6.07, 6.45) is 4.26. The van der Waals surface area contributed by atoms with Crippen molar-refractivity contribution in [3.63, 3.8) is 0 Å². The normalized spacial score (nSPS) is 11.4. The first-order valence-corrected chi connectivity index (χ1v) is 16.1. The van der Waals surface area contributed by atoms with E-state index in [0.717, 1.165) is 22.7 Å². The summed E-state index contributed by atoms with van der Waals surface area (Å²) < 4.78 is 2.40. The standard InChI is InChI=1S/C45H34N2/c1-2-14-33-23-29-41-42-30-28-36(32-45(42)47(44(41)31-33)39-19-10-5-11-20-39)34-24-26-35(27-25-34)40-21-12-13-22-43(40)46(37-15-6-3-7-16-37)38-17-8-4-9-18-38/h2-32H,1H3/b14-2+. The third kappa shape index (κ3) is 5.30. The van der Waals surface area contributed by atoms with Crippen LogP contribution in [0.4, 0.5) is 17.1 Å². The van der Waals surface area contributed by atoms with Gasteiger partial charge in [-0.25, -0.2) is 0 Å². The Morgan fingerprint density at radius 3 is 1.66 bits per heavy atom. The Hall–Kier alpha value is -6.12. The van der Waals surface area contributed by atoms with Gasteiger partial charge in [0.15, 0.2) is 0 Å². The third-order valence-corrected chi connectivity index (χ3v) is 8.87. The van der Waals surface area contributed by atoms with Crippen molar-refractivity contribution in [3.05, 3.63) is 188 Å². The molecular weight excluding hydrogens is 569 g/mol. The van der Waals surface area contributed by atoms with Crippen LogP contribution in [-0.2, 0) is 0 Å². The number of anilines is 3. The lowest BCUT2D eigenvalue weighted by atomic mass is 9.97. The molecule has 0 N–H and O–H groups in total. The van der Waals surface area contributed by atoms with E-state index in [1.165, 1.54) is 49.6 Å². The second-order valence-electron chi connectivity index (χ2n) is 11.8. The summed E-state index contributed by atoms with van der Waals surface area (Å²) in [5.41, 5.74) is 12.9. The number of hydrogen-bond donors (Lipinski definition) is 0. The Labute approximate surface area is 276 Å². The Balaban J connectivity index is 1.22. The van der Waals surface area contributed by atoms with Gasteiger partial charge in [0.25, 0.3) is 0 Å². The molecule has 0 amide bonds. The maximum absolute atomic E-state index is 2.40. The predicted octanol–water partition coefficient (Wildman–Crippen LogP) is 12.6. The first-order chi connectivity index (χ1) is 23.3. The predicted molar refractivity (Wildman–Crippen MR) is 201 cm³/mol. The van der Waals surface area contributed by atoms with Crippen LogP contribution in [0.5, 0.6) is 0 Å². The van der Waals surface area contributed by atoms with Crippen LogP contribution < -0.4 is 4.90 Å². The summed E-state index contributed by atoms with van der Waals surface area (Å²) in [5, 5.41) is 2.52. The molecule has 0 spiro atoms. The minimum Gasteiger partial charge on any atom is -0.310 e. The molecular formula is C45H34N2. The Kier molecular flexibility index (Phi) is 7.45. The molecule has 0 unspecified atom stereocenters. The largest absolute Gasteiger partial charge is 0.310 e.